The normalized spacial score (nSPS) is 10.5. The highest BCUT2D eigenvalue weighted by Crippen LogP contribution is 2.14. The minimum absolute atomic E-state index is 0.154. The first kappa shape index (κ1) is 13.3. The number of H-pyrrole nitrogens is 1. The average Bonchev–Trinajstić information content (AvgIpc) is 2.92. The van der Waals surface area contributed by atoms with Crippen molar-refractivity contribution in [2.45, 2.75) is 6.54 Å². The summed E-state index contributed by atoms with van der Waals surface area (Å²) in [4.78, 5) is 19.1. The second kappa shape index (κ2) is 5.76. The highest BCUT2D eigenvalue weighted by Gasteiger charge is 2.06. The first-order chi connectivity index (χ1) is 10.2. The van der Waals surface area contributed by atoms with Gasteiger partial charge in [0.15, 0.2) is 0 Å². The van der Waals surface area contributed by atoms with E-state index >= 15 is 0 Å². The fourth-order valence-corrected chi connectivity index (χ4v) is 1.92. The van der Waals surface area contributed by atoms with E-state index in [4.69, 9.17) is 16.0 Å². The van der Waals surface area contributed by atoms with Gasteiger partial charge in [0, 0.05) is 24.0 Å². The van der Waals surface area contributed by atoms with E-state index in [9.17, 15) is 4.79 Å². The van der Waals surface area contributed by atoms with Gasteiger partial charge < -0.3 is 9.73 Å². The number of benzene rings is 1. The molecule has 0 bridgehead atoms. The Labute approximate surface area is 124 Å². The predicted molar refractivity (Wildman–Crippen MR) is 76.9 cm³/mol. The second-order valence-electron chi connectivity index (χ2n) is 4.20. The van der Waals surface area contributed by atoms with Gasteiger partial charge in [-0.1, -0.05) is 23.7 Å². The Bertz CT molecular complexity index is 797. The van der Waals surface area contributed by atoms with Gasteiger partial charge in [0.2, 0.25) is 5.95 Å². The van der Waals surface area contributed by atoms with Gasteiger partial charge in [-0.25, -0.2) is 19.9 Å². The molecule has 1 aromatic carbocycles. The van der Waals surface area contributed by atoms with E-state index in [0.717, 1.165) is 5.56 Å². The summed E-state index contributed by atoms with van der Waals surface area (Å²) in [5.74, 6) is -0.00819. The maximum absolute atomic E-state index is 10.9. The SMILES string of the molecule is O=c1[nH]nc(-c2cnc(NCc3cccc(Cl)c3)nc2)o1. The van der Waals surface area contributed by atoms with Gasteiger partial charge in [0.25, 0.3) is 5.89 Å². The number of halogens is 1. The van der Waals surface area contributed by atoms with Crippen LogP contribution in [0.1, 0.15) is 5.56 Å². The monoisotopic (exact) mass is 303 g/mol. The zero-order valence-electron chi connectivity index (χ0n) is 10.7. The molecule has 0 aliphatic rings. The van der Waals surface area contributed by atoms with E-state index in [2.05, 4.69) is 25.5 Å². The fourth-order valence-electron chi connectivity index (χ4n) is 1.71. The molecular weight excluding hydrogens is 294 g/mol. The number of aromatic nitrogens is 4. The molecule has 21 heavy (non-hydrogen) atoms. The number of aromatic amines is 1. The molecule has 106 valence electrons. The molecule has 0 saturated carbocycles. The summed E-state index contributed by atoms with van der Waals surface area (Å²) >= 11 is 5.91. The second-order valence-corrected chi connectivity index (χ2v) is 4.63. The van der Waals surface area contributed by atoms with Crippen LogP contribution in [0.3, 0.4) is 0 Å². The Kier molecular flexibility index (Phi) is 3.65. The topological polar surface area (TPSA) is 96.7 Å². The smallest absolute Gasteiger partial charge is 0.388 e. The van der Waals surface area contributed by atoms with Crippen LogP contribution >= 0.6 is 11.6 Å². The third kappa shape index (κ3) is 3.26. The Balaban J connectivity index is 1.68. The van der Waals surface area contributed by atoms with Gasteiger partial charge in [-0.2, -0.15) is 0 Å². The van der Waals surface area contributed by atoms with Crippen LogP contribution in [0, 0.1) is 0 Å². The van der Waals surface area contributed by atoms with Crippen molar-refractivity contribution >= 4 is 17.5 Å². The largest absolute Gasteiger partial charge is 0.434 e. The molecule has 2 heterocycles. The van der Waals surface area contributed by atoms with Crippen LogP contribution < -0.4 is 11.1 Å². The van der Waals surface area contributed by atoms with Crippen LogP contribution in [0.25, 0.3) is 11.5 Å². The predicted octanol–water partition coefficient (Wildman–Crippen LogP) is 2.09. The lowest BCUT2D eigenvalue weighted by atomic mass is 10.2. The number of nitrogens with zero attached hydrogens (tertiary/aromatic N) is 3. The zero-order chi connectivity index (χ0) is 14.7. The lowest BCUT2D eigenvalue weighted by Crippen LogP contribution is -2.03. The number of anilines is 1. The molecule has 3 aromatic rings. The first-order valence-electron chi connectivity index (χ1n) is 6.07. The number of nitrogens with one attached hydrogen (secondary N) is 2. The average molecular weight is 304 g/mol. The summed E-state index contributed by atoms with van der Waals surface area (Å²) in [6.45, 7) is 0.553. The van der Waals surface area contributed by atoms with Crippen LogP contribution in [0.5, 0.6) is 0 Å². The van der Waals surface area contributed by atoms with Crippen molar-refractivity contribution in [2.75, 3.05) is 5.32 Å². The van der Waals surface area contributed by atoms with E-state index in [-0.39, 0.29) is 5.89 Å². The van der Waals surface area contributed by atoms with Gasteiger partial charge in [-0.3, -0.25) is 0 Å². The summed E-state index contributed by atoms with van der Waals surface area (Å²) in [5.41, 5.74) is 1.54. The third-order valence-electron chi connectivity index (χ3n) is 2.68. The lowest BCUT2D eigenvalue weighted by molar-refractivity contribution is 0.526. The highest BCUT2D eigenvalue weighted by molar-refractivity contribution is 6.30. The van der Waals surface area contributed by atoms with Crippen molar-refractivity contribution in [1.29, 1.82) is 0 Å². The van der Waals surface area contributed by atoms with E-state index < -0.39 is 5.76 Å². The van der Waals surface area contributed by atoms with Gasteiger partial charge in [-0.15, -0.1) is 5.10 Å². The van der Waals surface area contributed by atoms with Crippen molar-refractivity contribution in [3.05, 3.63) is 57.8 Å². The van der Waals surface area contributed by atoms with Gasteiger partial charge in [-0.05, 0) is 17.7 Å². The van der Waals surface area contributed by atoms with E-state index in [0.29, 0.717) is 23.1 Å². The summed E-state index contributed by atoms with van der Waals surface area (Å²) in [7, 11) is 0. The quantitative estimate of drug-likeness (QED) is 0.766. The summed E-state index contributed by atoms with van der Waals surface area (Å²) in [6, 6.07) is 7.50. The van der Waals surface area contributed by atoms with Crippen molar-refractivity contribution in [3.63, 3.8) is 0 Å². The molecule has 2 N–H and O–H groups in total. The van der Waals surface area contributed by atoms with Gasteiger partial charge >= 0.3 is 5.76 Å². The molecule has 0 fully saturated rings. The third-order valence-corrected chi connectivity index (χ3v) is 2.91. The standard InChI is InChI=1S/C13H10ClN5O2/c14-10-3-1-2-8(4-10)5-15-12-16-6-9(7-17-12)11-18-19-13(20)21-11/h1-4,6-7H,5H2,(H,19,20)(H,15,16,17). The Morgan fingerprint density at radius 1 is 1.29 bits per heavy atom. The van der Waals surface area contributed by atoms with Gasteiger partial charge in [0.05, 0.1) is 5.56 Å². The maximum Gasteiger partial charge on any atom is 0.434 e. The zero-order valence-corrected chi connectivity index (χ0v) is 11.5. The Hall–Kier alpha value is -2.67. The van der Waals surface area contributed by atoms with Crippen molar-refractivity contribution < 1.29 is 4.42 Å². The fraction of sp³-hybridized carbons (Fsp3) is 0.0769. The van der Waals surface area contributed by atoms with Crippen LogP contribution in [-0.4, -0.2) is 20.2 Å². The molecule has 0 aliphatic heterocycles. The summed E-state index contributed by atoms with van der Waals surface area (Å²) < 4.78 is 4.81. The minimum atomic E-state index is -0.617. The van der Waals surface area contributed by atoms with Crippen molar-refractivity contribution in [1.82, 2.24) is 20.2 Å². The molecule has 0 aliphatic carbocycles. The Morgan fingerprint density at radius 2 is 2.10 bits per heavy atom. The summed E-state index contributed by atoms with van der Waals surface area (Å²) in [6.07, 6.45) is 3.04. The molecule has 0 spiro atoms. The molecule has 0 atom stereocenters. The number of hydrogen-bond donors (Lipinski definition) is 2. The van der Waals surface area contributed by atoms with Crippen LogP contribution in [-0.2, 0) is 6.54 Å². The van der Waals surface area contributed by atoms with E-state index in [1.807, 2.05) is 24.3 Å². The molecule has 0 saturated heterocycles. The molecule has 3 rings (SSSR count). The minimum Gasteiger partial charge on any atom is -0.388 e. The molecular formula is C13H10ClN5O2. The maximum atomic E-state index is 10.9. The molecule has 0 unspecified atom stereocenters. The Morgan fingerprint density at radius 3 is 2.76 bits per heavy atom. The first-order valence-corrected chi connectivity index (χ1v) is 6.45. The van der Waals surface area contributed by atoms with E-state index in [1.165, 1.54) is 12.4 Å². The molecule has 0 amide bonds. The van der Waals surface area contributed by atoms with Crippen LogP contribution in [0.4, 0.5) is 5.95 Å². The molecule has 8 heteroatoms. The summed E-state index contributed by atoms with van der Waals surface area (Å²) in [5, 5.41) is 9.63. The lowest BCUT2D eigenvalue weighted by Gasteiger charge is -2.05. The van der Waals surface area contributed by atoms with Crippen molar-refractivity contribution in [3.8, 4) is 11.5 Å². The van der Waals surface area contributed by atoms with Gasteiger partial charge in [0.1, 0.15) is 0 Å². The molecule has 0 radical (unpaired) electrons. The molecule has 2 aromatic heterocycles. The van der Waals surface area contributed by atoms with E-state index in [1.54, 1.807) is 0 Å². The number of hydrogen-bond acceptors (Lipinski definition) is 6. The van der Waals surface area contributed by atoms with Crippen molar-refractivity contribution in [2.24, 2.45) is 0 Å². The van der Waals surface area contributed by atoms with Crippen LogP contribution in [0.2, 0.25) is 5.02 Å². The number of rotatable bonds is 4. The highest BCUT2D eigenvalue weighted by atomic mass is 35.5. The van der Waals surface area contributed by atoms with Crippen LogP contribution in [0.15, 0.2) is 45.9 Å². The molecule has 7 nitrogen and oxygen atoms in total.